The fourth-order valence-corrected chi connectivity index (χ4v) is 3.83. The van der Waals surface area contributed by atoms with Gasteiger partial charge in [-0.15, -0.1) is 5.10 Å². The third-order valence-electron chi connectivity index (χ3n) is 5.49. The minimum absolute atomic E-state index is 0.0838. The number of halogens is 3. The van der Waals surface area contributed by atoms with Gasteiger partial charge in [0, 0.05) is 39.0 Å². The lowest BCUT2D eigenvalue weighted by molar-refractivity contribution is -0.137. The summed E-state index contributed by atoms with van der Waals surface area (Å²) >= 11 is 0. The Morgan fingerprint density at radius 3 is 2.60 bits per heavy atom. The molecule has 1 aromatic heterocycles. The monoisotopic (exact) mass is 426 g/mol. The molecule has 7 nitrogen and oxygen atoms in total. The van der Waals surface area contributed by atoms with Gasteiger partial charge in [0.1, 0.15) is 0 Å². The predicted octanol–water partition coefficient (Wildman–Crippen LogP) is 3.39. The predicted molar refractivity (Wildman–Crippen MR) is 107 cm³/mol. The summed E-state index contributed by atoms with van der Waals surface area (Å²) in [6.07, 6.45) is -1.27. The summed E-state index contributed by atoms with van der Waals surface area (Å²) in [6, 6.07) is 5.64. The average Bonchev–Trinajstić information content (AvgIpc) is 3.21. The van der Waals surface area contributed by atoms with Crippen LogP contribution in [0.4, 0.5) is 18.9 Å². The van der Waals surface area contributed by atoms with Crippen LogP contribution in [0.15, 0.2) is 24.3 Å². The van der Waals surface area contributed by atoms with Crippen LogP contribution in [0.5, 0.6) is 0 Å². The molecule has 2 heterocycles. The van der Waals surface area contributed by atoms with Crippen molar-refractivity contribution in [2.75, 3.05) is 44.8 Å². The number of alkyl halides is 3. The van der Waals surface area contributed by atoms with Gasteiger partial charge in [-0.2, -0.15) is 13.2 Å². The summed E-state index contributed by atoms with van der Waals surface area (Å²) in [6.45, 7) is 6.06. The molecule has 3 rings (SSSR count). The Hall–Kier alpha value is -2.20. The first-order chi connectivity index (χ1) is 14.4. The highest BCUT2D eigenvalue weighted by Crippen LogP contribution is 2.32. The lowest BCUT2D eigenvalue weighted by atomic mass is 10.1. The van der Waals surface area contributed by atoms with Gasteiger partial charge < -0.3 is 9.64 Å². The topological polar surface area (TPSA) is 59.3 Å². The number of nitrogens with zero attached hydrogens (tertiary/aromatic N) is 6. The lowest BCUT2D eigenvalue weighted by Gasteiger charge is -2.40. The maximum Gasteiger partial charge on any atom is 0.416 e. The summed E-state index contributed by atoms with van der Waals surface area (Å²) in [5, 5.41) is 12.2. The molecule has 1 atom stereocenters. The molecule has 0 amide bonds. The van der Waals surface area contributed by atoms with E-state index >= 15 is 0 Å². The molecule has 0 saturated carbocycles. The zero-order valence-corrected chi connectivity index (χ0v) is 17.5. The SMILES string of the molecule is CCCC[C@@H](c1nnnn1CCOC)N1CCN(c2cccc(C(F)(F)F)c2)CC1. The van der Waals surface area contributed by atoms with E-state index in [1.54, 1.807) is 17.9 Å². The second-order valence-corrected chi connectivity index (χ2v) is 7.48. The number of rotatable bonds is 9. The van der Waals surface area contributed by atoms with E-state index in [9.17, 15) is 13.2 Å². The molecule has 1 aliphatic rings. The molecule has 1 aromatic carbocycles. The molecule has 0 spiro atoms. The fraction of sp³-hybridized carbons (Fsp3) is 0.650. The van der Waals surface area contributed by atoms with E-state index in [2.05, 4.69) is 27.3 Å². The van der Waals surface area contributed by atoms with Crippen LogP contribution in [0.1, 0.15) is 43.6 Å². The van der Waals surface area contributed by atoms with Crippen LogP contribution in [-0.4, -0.2) is 65.0 Å². The summed E-state index contributed by atoms with van der Waals surface area (Å²) in [5.41, 5.74) is 0.0000762. The second-order valence-electron chi connectivity index (χ2n) is 7.48. The minimum atomic E-state index is -4.33. The van der Waals surface area contributed by atoms with Gasteiger partial charge >= 0.3 is 6.18 Å². The van der Waals surface area contributed by atoms with Crippen molar-refractivity contribution in [2.24, 2.45) is 0 Å². The van der Waals surface area contributed by atoms with Crippen molar-refractivity contribution in [3.05, 3.63) is 35.7 Å². The number of aromatic nitrogens is 4. The van der Waals surface area contributed by atoms with E-state index in [1.807, 2.05) is 4.90 Å². The highest BCUT2D eigenvalue weighted by atomic mass is 19.4. The third-order valence-corrected chi connectivity index (χ3v) is 5.49. The summed E-state index contributed by atoms with van der Waals surface area (Å²) < 4.78 is 46.1. The minimum Gasteiger partial charge on any atom is -0.383 e. The van der Waals surface area contributed by atoms with Crippen molar-refractivity contribution in [3.8, 4) is 0 Å². The normalized spacial score (nSPS) is 16.8. The number of hydrogen-bond donors (Lipinski definition) is 0. The number of unbranched alkanes of at least 4 members (excludes halogenated alkanes) is 1. The molecule has 0 N–H and O–H groups in total. The fourth-order valence-electron chi connectivity index (χ4n) is 3.83. The first-order valence-electron chi connectivity index (χ1n) is 10.3. The van der Waals surface area contributed by atoms with Crippen LogP contribution < -0.4 is 4.90 Å². The van der Waals surface area contributed by atoms with Crippen molar-refractivity contribution in [1.29, 1.82) is 0 Å². The molecule has 1 fully saturated rings. The van der Waals surface area contributed by atoms with E-state index < -0.39 is 11.7 Å². The van der Waals surface area contributed by atoms with Crippen LogP contribution in [0.25, 0.3) is 0 Å². The van der Waals surface area contributed by atoms with Crippen molar-refractivity contribution in [2.45, 2.75) is 44.9 Å². The lowest BCUT2D eigenvalue weighted by Crippen LogP contribution is -2.48. The van der Waals surface area contributed by atoms with Gasteiger partial charge in [0.05, 0.1) is 24.8 Å². The first kappa shape index (κ1) is 22.5. The summed E-state index contributed by atoms with van der Waals surface area (Å²) in [7, 11) is 1.64. The summed E-state index contributed by atoms with van der Waals surface area (Å²) in [5.74, 6) is 0.827. The highest BCUT2D eigenvalue weighted by molar-refractivity contribution is 5.49. The number of ether oxygens (including phenoxy) is 1. The van der Waals surface area contributed by atoms with Crippen molar-refractivity contribution >= 4 is 5.69 Å². The zero-order valence-electron chi connectivity index (χ0n) is 17.5. The van der Waals surface area contributed by atoms with Crippen molar-refractivity contribution < 1.29 is 17.9 Å². The first-order valence-corrected chi connectivity index (χ1v) is 10.3. The molecule has 10 heteroatoms. The Labute approximate surface area is 174 Å². The van der Waals surface area contributed by atoms with E-state index in [4.69, 9.17) is 4.74 Å². The number of tetrazole rings is 1. The molecule has 0 aliphatic carbocycles. The van der Waals surface area contributed by atoms with Crippen LogP contribution in [0, 0.1) is 0 Å². The smallest absolute Gasteiger partial charge is 0.383 e. The van der Waals surface area contributed by atoms with Gasteiger partial charge in [-0.05, 0) is 35.0 Å². The molecular weight excluding hydrogens is 397 g/mol. The van der Waals surface area contributed by atoms with Crippen molar-refractivity contribution in [3.63, 3.8) is 0 Å². The maximum atomic E-state index is 13.0. The van der Waals surface area contributed by atoms with Gasteiger partial charge in [-0.25, -0.2) is 4.68 Å². The molecular formula is C20H29F3N6O. The van der Waals surface area contributed by atoms with Crippen LogP contribution >= 0.6 is 0 Å². The van der Waals surface area contributed by atoms with Gasteiger partial charge in [-0.3, -0.25) is 4.90 Å². The number of anilines is 1. The average molecular weight is 426 g/mol. The van der Waals surface area contributed by atoms with Crippen LogP contribution in [-0.2, 0) is 17.5 Å². The molecule has 30 heavy (non-hydrogen) atoms. The summed E-state index contributed by atoms with van der Waals surface area (Å²) in [4.78, 5) is 4.35. The standard InChI is InChI=1S/C20H29F3N6O/c1-3-4-8-18(19-24-25-26-29(19)13-14-30-2)28-11-9-27(10-12-28)17-7-5-6-16(15-17)20(21,22)23/h5-7,15,18H,3-4,8-14H2,1-2H3/t18-/m0/s1. The molecule has 1 saturated heterocycles. The molecule has 0 radical (unpaired) electrons. The Morgan fingerprint density at radius 1 is 1.17 bits per heavy atom. The zero-order chi connectivity index (χ0) is 21.6. The van der Waals surface area contributed by atoms with E-state index in [0.29, 0.717) is 31.9 Å². The van der Waals surface area contributed by atoms with Crippen LogP contribution in [0.2, 0.25) is 0 Å². The number of methoxy groups -OCH3 is 1. The van der Waals surface area contributed by atoms with Gasteiger partial charge in [0.2, 0.25) is 0 Å². The molecule has 0 bridgehead atoms. The molecule has 0 unspecified atom stereocenters. The molecule has 2 aromatic rings. The molecule has 1 aliphatic heterocycles. The highest BCUT2D eigenvalue weighted by Gasteiger charge is 2.32. The molecule has 166 valence electrons. The van der Waals surface area contributed by atoms with E-state index in [-0.39, 0.29) is 6.04 Å². The van der Waals surface area contributed by atoms with Gasteiger partial charge in [-0.1, -0.05) is 25.8 Å². The Kier molecular flexibility index (Phi) is 7.65. The Balaban J connectivity index is 1.70. The quantitative estimate of drug-likeness (QED) is 0.613. The van der Waals surface area contributed by atoms with Gasteiger partial charge in [0.25, 0.3) is 0 Å². The van der Waals surface area contributed by atoms with Gasteiger partial charge in [0.15, 0.2) is 5.82 Å². The third kappa shape index (κ3) is 5.48. The number of benzene rings is 1. The Morgan fingerprint density at radius 2 is 1.93 bits per heavy atom. The maximum absolute atomic E-state index is 13.0. The number of piperazine rings is 1. The number of hydrogen-bond acceptors (Lipinski definition) is 6. The Bertz CT molecular complexity index is 789. The second kappa shape index (κ2) is 10.2. The van der Waals surface area contributed by atoms with Crippen LogP contribution in [0.3, 0.4) is 0 Å². The largest absolute Gasteiger partial charge is 0.416 e. The van der Waals surface area contributed by atoms with E-state index in [0.717, 1.165) is 44.2 Å². The van der Waals surface area contributed by atoms with E-state index in [1.165, 1.54) is 12.1 Å². The van der Waals surface area contributed by atoms with Crippen molar-refractivity contribution in [1.82, 2.24) is 25.1 Å².